The lowest BCUT2D eigenvalue weighted by atomic mass is 10.00. The molecule has 3 N–H and O–H groups in total. The number of carbonyl (C=O) groups is 1. The minimum absolute atomic E-state index is 0.104. The highest BCUT2D eigenvalue weighted by Crippen LogP contribution is 2.25. The number of aromatic nitrogens is 2. The van der Waals surface area contributed by atoms with Gasteiger partial charge in [0, 0.05) is 19.4 Å². The number of hydrogen-bond donors (Lipinski definition) is 2. The van der Waals surface area contributed by atoms with Gasteiger partial charge in [-0.1, -0.05) is 30.3 Å². The summed E-state index contributed by atoms with van der Waals surface area (Å²) in [5, 5.41) is 2.93. The van der Waals surface area contributed by atoms with Crippen molar-refractivity contribution in [2.75, 3.05) is 5.73 Å². The molecule has 2 aromatic carbocycles. The minimum atomic E-state index is -0.614. The highest BCUT2D eigenvalue weighted by molar-refractivity contribution is 5.99. The van der Waals surface area contributed by atoms with E-state index in [2.05, 4.69) is 10.3 Å². The van der Waals surface area contributed by atoms with Gasteiger partial charge >= 0.3 is 0 Å². The molecule has 0 saturated carbocycles. The van der Waals surface area contributed by atoms with Crippen LogP contribution in [0.1, 0.15) is 33.4 Å². The van der Waals surface area contributed by atoms with Crippen LogP contribution >= 0.6 is 0 Å². The lowest BCUT2D eigenvalue weighted by molar-refractivity contribution is 0.0941. The van der Waals surface area contributed by atoms with E-state index in [0.29, 0.717) is 5.82 Å². The molecule has 0 fully saturated rings. The molecule has 1 aromatic heterocycles. The van der Waals surface area contributed by atoms with Crippen molar-refractivity contribution in [3.8, 4) is 0 Å². The molecule has 0 aliphatic heterocycles. The number of nitrogens with one attached hydrogen (secondary N) is 1. The molecule has 0 aliphatic rings. The Labute approximate surface area is 145 Å². The van der Waals surface area contributed by atoms with Gasteiger partial charge in [-0.05, 0) is 30.2 Å². The Morgan fingerprint density at radius 1 is 1.24 bits per heavy atom. The first-order chi connectivity index (χ1) is 12.0. The maximum Gasteiger partial charge on any atom is 0.254 e. The molecule has 5 nitrogen and oxygen atoms in total. The molecule has 1 heterocycles. The second-order valence-electron chi connectivity index (χ2n) is 5.86. The predicted octanol–water partition coefficient (Wildman–Crippen LogP) is 2.97. The second-order valence-corrected chi connectivity index (χ2v) is 5.86. The first-order valence-electron chi connectivity index (χ1n) is 7.86. The Kier molecular flexibility index (Phi) is 4.52. The maximum absolute atomic E-state index is 13.7. The molecule has 25 heavy (non-hydrogen) atoms. The molecule has 0 radical (unpaired) electrons. The number of rotatable bonds is 4. The van der Waals surface area contributed by atoms with Crippen LogP contribution in [-0.4, -0.2) is 15.5 Å². The number of halogens is 1. The van der Waals surface area contributed by atoms with Crippen LogP contribution in [0.4, 0.5) is 10.1 Å². The smallest absolute Gasteiger partial charge is 0.254 e. The van der Waals surface area contributed by atoms with E-state index in [9.17, 15) is 9.18 Å². The fourth-order valence-corrected chi connectivity index (χ4v) is 2.79. The predicted molar refractivity (Wildman–Crippen MR) is 94.5 cm³/mol. The number of aryl methyl sites for hydroxylation is 2. The largest absolute Gasteiger partial charge is 0.396 e. The molecule has 1 amide bonds. The van der Waals surface area contributed by atoms with Gasteiger partial charge in [-0.3, -0.25) is 4.79 Å². The summed E-state index contributed by atoms with van der Waals surface area (Å²) in [6.07, 6.45) is 3.48. The summed E-state index contributed by atoms with van der Waals surface area (Å²) in [5.74, 6) is -0.386. The van der Waals surface area contributed by atoms with Gasteiger partial charge < -0.3 is 15.6 Å². The van der Waals surface area contributed by atoms with Gasteiger partial charge in [0.1, 0.15) is 17.7 Å². The number of para-hydroxylation sites is 1. The standard InChI is InChI=1S/C19H19FN4O/c1-12-6-3-4-7-13(12)17(18-22-10-11-24(18)2)23-19(25)14-8-5-9-15(20)16(14)21/h3-11,17H,21H2,1-2H3,(H,23,25). The molecular weight excluding hydrogens is 319 g/mol. The Morgan fingerprint density at radius 2 is 2.00 bits per heavy atom. The van der Waals surface area contributed by atoms with Gasteiger partial charge in [-0.2, -0.15) is 0 Å². The van der Waals surface area contributed by atoms with Crippen molar-refractivity contribution in [2.24, 2.45) is 7.05 Å². The van der Waals surface area contributed by atoms with E-state index >= 15 is 0 Å². The Balaban J connectivity index is 2.02. The number of hydrogen-bond acceptors (Lipinski definition) is 3. The van der Waals surface area contributed by atoms with E-state index < -0.39 is 17.8 Å². The van der Waals surface area contributed by atoms with E-state index in [-0.39, 0.29) is 11.3 Å². The van der Waals surface area contributed by atoms with Gasteiger partial charge in [0.25, 0.3) is 5.91 Å². The third kappa shape index (κ3) is 3.24. The highest BCUT2D eigenvalue weighted by Gasteiger charge is 2.24. The van der Waals surface area contributed by atoms with E-state index in [1.165, 1.54) is 18.2 Å². The van der Waals surface area contributed by atoms with Crippen LogP contribution in [0.25, 0.3) is 0 Å². The average Bonchev–Trinajstić information content (AvgIpc) is 3.01. The summed E-state index contributed by atoms with van der Waals surface area (Å²) in [6, 6.07) is 11.4. The second kappa shape index (κ2) is 6.76. The van der Waals surface area contributed by atoms with Crippen molar-refractivity contribution in [1.82, 2.24) is 14.9 Å². The zero-order valence-electron chi connectivity index (χ0n) is 14.0. The zero-order valence-corrected chi connectivity index (χ0v) is 14.0. The summed E-state index contributed by atoms with van der Waals surface area (Å²) in [6.45, 7) is 1.97. The average molecular weight is 338 g/mol. The number of nitrogens with two attached hydrogens (primary N) is 1. The first kappa shape index (κ1) is 16.7. The Bertz CT molecular complexity index is 919. The van der Waals surface area contributed by atoms with Crippen LogP contribution < -0.4 is 11.1 Å². The number of benzene rings is 2. The quantitative estimate of drug-likeness (QED) is 0.718. The maximum atomic E-state index is 13.7. The number of imidazole rings is 1. The van der Waals surface area contributed by atoms with Crippen molar-refractivity contribution < 1.29 is 9.18 Å². The van der Waals surface area contributed by atoms with Crippen molar-refractivity contribution in [1.29, 1.82) is 0 Å². The van der Waals surface area contributed by atoms with Gasteiger partial charge in [0.15, 0.2) is 0 Å². The number of anilines is 1. The van der Waals surface area contributed by atoms with Crippen LogP contribution in [0.2, 0.25) is 0 Å². The highest BCUT2D eigenvalue weighted by atomic mass is 19.1. The molecular formula is C19H19FN4O. The topological polar surface area (TPSA) is 72.9 Å². The molecule has 1 atom stereocenters. The number of amides is 1. The SMILES string of the molecule is Cc1ccccc1C(NC(=O)c1cccc(F)c1N)c1nccn1C. The van der Waals surface area contributed by atoms with E-state index in [1.807, 2.05) is 49.0 Å². The molecule has 0 spiro atoms. The lowest BCUT2D eigenvalue weighted by Gasteiger charge is -2.21. The van der Waals surface area contributed by atoms with Crippen molar-refractivity contribution in [3.63, 3.8) is 0 Å². The zero-order chi connectivity index (χ0) is 18.0. The molecule has 128 valence electrons. The monoisotopic (exact) mass is 338 g/mol. The fraction of sp³-hybridized carbons (Fsp3) is 0.158. The molecule has 3 rings (SSSR count). The lowest BCUT2D eigenvalue weighted by Crippen LogP contribution is -2.32. The molecule has 3 aromatic rings. The van der Waals surface area contributed by atoms with Gasteiger partial charge in [-0.15, -0.1) is 0 Å². The Hall–Kier alpha value is -3.15. The number of carbonyl (C=O) groups excluding carboxylic acids is 1. The van der Waals surface area contributed by atoms with Gasteiger partial charge in [0.05, 0.1) is 11.3 Å². The van der Waals surface area contributed by atoms with Crippen LogP contribution in [-0.2, 0) is 7.05 Å². The van der Waals surface area contributed by atoms with Gasteiger partial charge in [0.2, 0.25) is 0 Å². The van der Waals surface area contributed by atoms with Gasteiger partial charge in [-0.25, -0.2) is 9.37 Å². The third-order valence-electron chi connectivity index (χ3n) is 4.19. The third-order valence-corrected chi connectivity index (χ3v) is 4.19. The van der Waals surface area contributed by atoms with E-state index in [4.69, 9.17) is 5.73 Å². The summed E-state index contributed by atoms with van der Waals surface area (Å²) >= 11 is 0. The van der Waals surface area contributed by atoms with E-state index in [1.54, 1.807) is 6.20 Å². The van der Waals surface area contributed by atoms with Crippen LogP contribution in [0.5, 0.6) is 0 Å². The van der Waals surface area contributed by atoms with Crippen molar-refractivity contribution in [2.45, 2.75) is 13.0 Å². The Morgan fingerprint density at radius 3 is 2.68 bits per heavy atom. The van der Waals surface area contributed by atoms with Crippen molar-refractivity contribution in [3.05, 3.63) is 83.2 Å². The fourth-order valence-electron chi connectivity index (χ4n) is 2.79. The van der Waals surface area contributed by atoms with Crippen LogP contribution in [0.3, 0.4) is 0 Å². The van der Waals surface area contributed by atoms with Crippen molar-refractivity contribution >= 4 is 11.6 Å². The number of nitrogens with zero attached hydrogens (tertiary/aromatic N) is 2. The molecule has 0 bridgehead atoms. The van der Waals surface area contributed by atoms with Crippen LogP contribution in [0.15, 0.2) is 54.9 Å². The minimum Gasteiger partial charge on any atom is -0.396 e. The first-order valence-corrected chi connectivity index (χ1v) is 7.86. The summed E-state index contributed by atoms with van der Waals surface area (Å²) in [7, 11) is 1.86. The summed E-state index contributed by atoms with van der Waals surface area (Å²) in [4.78, 5) is 17.1. The normalized spacial score (nSPS) is 12.0. The summed E-state index contributed by atoms with van der Waals surface area (Å²) in [5.41, 5.74) is 7.59. The molecule has 1 unspecified atom stereocenters. The summed E-state index contributed by atoms with van der Waals surface area (Å²) < 4.78 is 15.5. The molecule has 0 aliphatic carbocycles. The van der Waals surface area contributed by atoms with E-state index in [0.717, 1.165) is 11.1 Å². The number of nitrogen functional groups attached to an aromatic ring is 1. The molecule has 0 saturated heterocycles. The van der Waals surface area contributed by atoms with Crippen LogP contribution in [0, 0.1) is 12.7 Å². The molecule has 6 heteroatoms.